The van der Waals surface area contributed by atoms with E-state index in [2.05, 4.69) is 41.4 Å². The van der Waals surface area contributed by atoms with Gasteiger partial charge in [-0.1, -0.05) is 42.7 Å². The number of nitrogens with one attached hydrogen (secondary N) is 1. The van der Waals surface area contributed by atoms with Crippen LogP contribution in [0.5, 0.6) is 0 Å². The first-order valence-corrected chi connectivity index (χ1v) is 8.31. The van der Waals surface area contributed by atoms with E-state index in [1.165, 1.54) is 62.9 Å². The van der Waals surface area contributed by atoms with Gasteiger partial charge < -0.3 is 5.32 Å². The minimum absolute atomic E-state index is 0.746. The molecule has 0 bridgehead atoms. The van der Waals surface area contributed by atoms with Crippen LogP contribution in [0.25, 0.3) is 0 Å². The van der Waals surface area contributed by atoms with Gasteiger partial charge in [0.2, 0.25) is 0 Å². The van der Waals surface area contributed by atoms with Gasteiger partial charge >= 0.3 is 0 Å². The second-order valence-electron chi connectivity index (χ2n) is 6.72. The molecule has 110 valence electrons. The summed E-state index contributed by atoms with van der Waals surface area (Å²) in [5.41, 5.74) is 2.86. The predicted molar refractivity (Wildman–Crippen MR) is 84.8 cm³/mol. The van der Waals surface area contributed by atoms with Crippen LogP contribution >= 0.6 is 0 Å². The smallest absolute Gasteiger partial charge is 0.0237 e. The molecule has 1 heterocycles. The van der Waals surface area contributed by atoms with Gasteiger partial charge in [-0.25, -0.2) is 0 Å². The molecule has 1 aliphatic carbocycles. The lowest BCUT2D eigenvalue weighted by atomic mass is 10.0. The monoisotopic (exact) mass is 272 g/mol. The molecule has 2 aliphatic rings. The van der Waals surface area contributed by atoms with Gasteiger partial charge in [-0.15, -0.1) is 0 Å². The molecule has 0 aromatic heterocycles. The molecule has 2 fully saturated rings. The van der Waals surface area contributed by atoms with E-state index in [0.29, 0.717) is 0 Å². The predicted octanol–water partition coefficient (Wildman–Crippen LogP) is 3.35. The second kappa shape index (κ2) is 6.73. The minimum Gasteiger partial charge on any atom is -0.315 e. The Hall–Kier alpha value is -0.860. The average Bonchev–Trinajstić information content (AvgIpc) is 3.11. The molecular weight excluding hydrogens is 244 g/mol. The van der Waals surface area contributed by atoms with E-state index < -0.39 is 0 Å². The molecule has 0 unspecified atom stereocenters. The maximum atomic E-state index is 3.53. The Bertz CT molecular complexity index is 417. The van der Waals surface area contributed by atoms with Gasteiger partial charge in [0.05, 0.1) is 0 Å². The molecule has 1 aliphatic heterocycles. The first-order valence-electron chi connectivity index (χ1n) is 8.31. The third-order valence-corrected chi connectivity index (χ3v) is 4.99. The Kier molecular flexibility index (Phi) is 4.74. The van der Waals surface area contributed by atoms with Gasteiger partial charge in [0, 0.05) is 25.7 Å². The number of benzene rings is 1. The van der Waals surface area contributed by atoms with Crippen LogP contribution in [0.1, 0.15) is 43.2 Å². The summed E-state index contributed by atoms with van der Waals surface area (Å²) >= 11 is 0. The summed E-state index contributed by atoms with van der Waals surface area (Å²) < 4.78 is 0. The number of rotatable bonds is 5. The topological polar surface area (TPSA) is 15.3 Å². The SMILES string of the molecule is Cc1cccc(CN(CC2CCCC2)[C@H]2CCNC2)c1. The van der Waals surface area contributed by atoms with Crippen molar-refractivity contribution in [3.05, 3.63) is 35.4 Å². The number of nitrogens with zero attached hydrogens (tertiary/aromatic N) is 1. The van der Waals surface area contributed by atoms with Gasteiger partial charge in [-0.05, 0) is 44.2 Å². The molecule has 0 radical (unpaired) electrons. The largest absolute Gasteiger partial charge is 0.315 e. The van der Waals surface area contributed by atoms with Crippen molar-refractivity contribution in [2.24, 2.45) is 5.92 Å². The van der Waals surface area contributed by atoms with E-state index in [1.54, 1.807) is 0 Å². The van der Waals surface area contributed by atoms with Crippen molar-refractivity contribution in [1.82, 2.24) is 10.2 Å². The van der Waals surface area contributed by atoms with E-state index >= 15 is 0 Å². The van der Waals surface area contributed by atoms with Crippen molar-refractivity contribution in [2.75, 3.05) is 19.6 Å². The Morgan fingerprint density at radius 3 is 2.75 bits per heavy atom. The zero-order valence-corrected chi connectivity index (χ0v) is 12.8. The fourth-order valence-electron chi connectivity index (χ4n) is 3.86. The Labute approximate surface area is 123 Å². The van der Waals surface area contributed by atoms with Crippen LogP contribution in [-0.4, -0.2) is 30.6 Å². The van der Waals surface area contributed by atoms with Crippen molar-refractivity contribution in [3.63, 3.8) is 0 Å². The minimum atomic E-state index is 0.746. The molecule has 1 aromatic rings. The highest BCUT2D eigenvalue weighted by atomic mass is 15.2. The quantitative estimate of drug-likeness (QED) is 0.884. The lowest BCUT2D eigenvalue weighted by Crippen LogP contribution is -2.39. The lowest BCUT2D eigenvalue weighted by Gasteiger charge is -2.31. The van der Waals surface area contributed by atoms with Crippen molar-refractivity contribution in [3.8, 4) is 0 Å². The molecule has 3 rings (SSSR count). The Morgan fingerprint density at radius 2 is 2.05 bits per heavy atom. The first kappa shape index (κ1) is 14.1. The Balaban J connectivity index is 1.67. The number of hydrogen-bond donors (Lipinski definition) is 1. The molecule has 1 atom stereocenters. The molecule has 0 spiro atoms. The summed E-state index contributed by atoms with van der Waals surface area (Å²) in [6.45, 7) is 7.00. The van der Waals surface area contributed by atoms with Crippen molar-refractivity contribution in [2.45, 2.75) is 51.6 Å². The van der Waals surface area contributed by atoms with Crippen LogP contribution < -0.4 is 5.32 Å². The molecule has 1 N–H and O–H groups in total. The zero-order valence-electron chi connectivity index (χ0n) is 12.8. The number of hydrogen-bond acceptors (Lipinski definition) is 2. The molecule has 20 heavy (non-hydrogen) atoms. The highest BCUT2D eigenvalue weighted by Gasteiger charge is 2.26. The molecule has 2 heteroatoms. The Morgan fingerprint density at radius 1 is 1.20 bits per heavy atom. The van der Waals surface area contributed by atoms with Crippen LogP contribution in [-0.2, 0) is 6.54 Å². The summed E-state index contributed by atoms with van der Waals surface area (Å²) in [7, 11) is 0. The van der Waals surface area contributed by atoms with E-state index in [4.69, 9.17) is 0 Å². The highest BCUT2D eigenvalue weighted by molar-refractivity contribution is 5.22. The third-order valence-electron chi connectivity index (χ3n) is 4.99. The maximum Gasteiger partial charge on any atom is 0.0237 e. The maximum absolute atomic E-state index is 3.53. The van der Waals surface area contributed by atoms with E-state index in [1.807, 2.05) is 0 Å². The molecular formula is C18H28N2. The highest BCUT2D eigenvalue weighted by Crippen LogP contribution is 2.27. The first-order chi connectivity index (χ1) is 9.81. The average molecular weight is 272 g/mol. The van der Waals surface area contributed by atoms with Crippen molar-refractivity contribution >= 4 is 0 Å². The fourth-order valence-corrected chi connectivity index (χ4v) is 3.86. The third kappa shape index (κ3) is 3.62. The van der Waals surface area contributed by atoms with Crippen LogP contribution in [0.15, 0.2) is 24.3 Å². The van der Waals surface area contributed by atoms with E-state index in [-0.39, 0.29) is 0 Å². The van der Waals surface area contributed by atoms with Gasteiger partial charge in [-0.2, -0.15) is 0 Å². The van der Waals surface area contributed by atoms with Gasteiger partial charge in [0.25, 0.3) is 0 Å². The van der Waals surface area contributed by atoms with Crippen LogP contribution in [0, 0.1) is 12.8 Å². The molecule has 1 aromatic carbocycles. The van der Waals surface area contributed by atoms with E-state index in [0.717, 1.165) is 18.5 Å². The van der Waals surface area contributed by atoms with Crippen LogP contribution in [0.2, 0.25) is 0 Å². The van der Waals surface area contributed by atoms with Crippen molar-refractivity contribution < 1.29 is 0 Å². The molecule has 2 nitrogen and oxygen atoms in total. The standard InChI is InChI=1S/C18H28N2/c1-15-5-4-8-17(11-15)14-20(18-9-10-19-12-18)13-16-6-2-3-7-16/h4-5,8,11,16,18-19H,2-3,6-7,9-10,12-14H2,1H3/t18-/m0/s1. The van der Waals surface area contributed by atoms with Gasteiger partial charge in [0.15, 0.2) is 0 Å². The normalized spacial score (nSPS) is 23.8. The summed E-state index contributed by atoms with van der Waals surface area (Å²) in [4.78, 5) is 2.75. The van der Waals surface area contributed by atoms with Crippen LogP contribution in [0.3, 0.4) is 0 Å². The lowest BCUT2D eigenvalue weighted by molar-refractivity contribution is 0.168. The summed E-state index contributed by atoms with van der Waals surface area (Å²) in [5.74, 6) is 0.945. The van der Waals surface area contributed by atoms with E-state index in [9.17, 15) is 0 Å². The second-order valence-corrected chi connectivity index (χ2v) is 6.72. The van der Waals surface area contributed by atoms with Gasteiger partial charge in [-0.3, -0.25) is 4.90 Å². The summed E-state index contributed by atoms with van der Waals surface area (Å²) in [6.07, 6.45) is 7.12. The number of aryl methyl sites for hydroxylation is 1. The molecule has 0 amide bonds. The van der Waals surface area contributed by atoms with Crippen molar-refractivity contribution in [1.29, 1.82) is 0 Å². The van der Waals surface area contributed by atoms with Gasteiger partial charge in [0.1, 0.15) is 0 Å². The molecule has 1 saturated heterocycles. The molecule has 1 saturated carbocycles. The zero-order chi connectivity index (χ0) is 13.8. The fraction of sp³-hybridized carbons (Fsp3) is 0.667. The van der Waals surface area contributed by atoms with Crippen LogP contribution in [0.4, 0.5) is 0 Å². The summed E-state index contributed by atoms with van der Waals surface area (Å²) in [6, 6.07) is 9.78. The summed E-state index contributed by atoms with van der Waals surface area (Å²) in [5, 5.41) is 3.53.